The third kappa shape index (κ3) is 2.28. The summed E-state index contributed by atoms with van der Waals surface area (Å²) >= 11 is 0. The molecule has 0 atom stereocenters. The van der Waals surface area contributed by atoms with Gasteiger partial charge >= 0.3 is 0 Å². The van der Waals surface area contributed by atoms with Crippen LogP contribution < -0.4 is 0 Å². The molecule has 0 bridgehead atoms. The first-order valence-electron chi connectivity index (χ1n) is 11.1. The van der Waals surface area contributed by atoms with Gasteiger partial charge in [-0.3, -0.25) is 0 Å². The number of H-pyrrole nitrogens is 1. The first kappa shape index (κ1) is 17.6. The molecular weight excluding hydrogens is 386 g/mol. The number of aromatic nitrogens is 1. The Kier molecular flexibility index (Phi) is 3.54. The molecule has 0 aliphatic heterocycles. The van der Waals surface area contributed by atoms with Crippen molar-refractivity contribution in [2.45, 2.75) is 6.92 Å². The third-order valence-corrected chi connectivity index (χ3v) is 6.93. The number of para-hydroxylation sites is 1. The minimum absolute atomic E-state index is 1.19. The zero-order valence-electron chi connectivity index (χ0n) is 17.8. The molecule has 1 aliphatic carbocycles. The lowest BCUT2D eigenvalue weighted by molar-refractivity contribution is 1.45. The van der Waals surface area contributed by atoms with Crippen molar-refractivity contribution in [1.82, 2.24) is 4.98 Å². The highest BCUT2D eigenvalue weighted by molar-refractivity contribution is 6.20. The zero-order valence-corrected chi connectivity index (χ0v) is 17.8. The summed E-state index contributed by atoms with van der Waals surface area (Å²) in [6.45, 7) is 2.18. The van der Waals surface area contributed by atoms with Gasteiger partial charge in [0, 0.05) is 27.4 Å². The Hall–Kier alpha value is -4.10. The van der Waals surface area contributed by atoms with E-state index < -0.39 is 0 Å². The standard InChI is InChI=1S/C31H21N/c1-19-9-8-16-27-30-28(32-31(19)27)18-17-26-24-14-5-4-12-22(24)20-10-2-3-11-21(20)23-13-6-7-15-25(23)29(26)30/h2-18,32H,1H3. The van der Waals surface area contributed by atoms with Crippen molar-refractivity contribution in [3.8, 4) is 44.5 Å². The first-order chi connectivity index (χ1) is 15.8. The molecule has 0 saturated heterocycles. The quantitative estimate of drug-likeness (QED) is 0.259. The molecule has 0 unspecified atom stereocenters. The van der Waals surface area contributed by atoms with Crippen molar-refractivity contribution in [2.75, 3.05) is 0 Å². The summed E-state index contributed by atoms with van der Waals surface area (Å²) in [5.74, 6) is 0. The van der Waals surface area contributed by atoms with Gasteiger partial charge in [-0.25, -0.2) is 0 Å². The number of aromatic amines is 1. The molecule has 1 heteroatoms. The van der Waals surface area contributed by atoms with Gasteiger partial charge in [0.1, 0.15) is 0 Å². The van der Waals surface area contributed by atoms with Gasteiger partial charge in [-0.1, -0.05) is 97.1 Å². The minimum atomic E-state index is 1.19. The van der Waals surface area contributed by atoms with Gasteiger partial charge in [-0.2, -0.15) is 0 Å². The summed E-state index contributed by atoms with van der Waals surface area (Å²) in [7, 11) is 0. The maximum Gasteiger partial charge on any atom is 0.0494 e. The Balaban J connectivity index is 1.76. The second kappa shape index (κ2) is 6.45. The molecule has 32 heavy (non-hydrogen) atoms. The average molecular weight is 408 g/mol. The van der Waals surface area contributed by atoms with Crippen molar-refractivity contribution in [2.24, 2.45) is 0 Å². The van der Waals surface area contributed by atoms with Crippen LogP contribution in [0.3, 0.4) is 0 Å². The molecule has 0 spiro atoms. The fourth-order valence-electron chi connectivity index (χ4n) is 5.51. The van der Waals surface area contributed by atoms with E-state index in [1.807, 2.05) is 0 Å². The Morgan fingerprint density at radius 1 is 0.469 bits per heavy atom. The van der Waals surface area contributed by atoms with E-state index in [1.54, 1.807) is 0 Å². The average Bonchev–Trinajstić information content (AvgIpc) is 3.23. The SMILES string of the molecule is Cc1cccc2c1[nH]c1ccc3c(c12)-c1ccccc1-c1ccccc1-c1ccccc1-3. The lowest BCUT2D eigenvalue weighted by Gasteiger charge is -2.23. The molecule has 1 heterocycles. The van der Waals surface area contributed by atoms with Gasteiger partial charge in [0.05, 0.1) is 0 Å². The van der Waals surface area contributed by atoms with Crippen molar-refractivity contribution in [3.63, 3.8) is 0 Å². The molecule has 150 valence electrons. The number of hydrogen-bond acceptors (Lipinski definition) is 0. The van der Waals surface area contributed by atoms with Gasteiger partial charge in [0.2, 0.25) is 0 Å². The number of benzene rings is 5. The van der Waals surface area contributed by atoms with E-state index in [9.17, 15) is 0 Å². The van der Waals surface area contributed by atoms with E-state index in [0.717, 1.165) is 0 Å². The van der Waals surface area contributed by atoms with Crippen LogP contribution in [-0.4, -0.2) is 4.98 Å². The highest BCUT2D eigenvalue weighted by atomic mass is 14.7. The second-order valence-corrected chi connectivity index (χ2v) is 8.67. The van der Waals surface area contributed by atoms with Crippen LogP contribution in [0.15, 0.2) is 103 Å². The molecule has 0 radical (unpaired) electrons. The summed E-state index contributed by atoms with van der Waals surface area (Å²) in [6, 6.07) is 37.7. The molecule has 0 fully saturated rings. The van der Waals surface area contributed by atoms with Crippen LogP contribution in [0.4, 0.5) is 0 Å². The fraction of sp³-hybridized carbons (Fsp3) is 0.0323. The Bertz CT molecular complexity index is 1680. The molecule has 5 aromatic carbocycles. The second-order valence-electron chi connectivity index (χ2n) is 8.67. The van der Waals surface area contributed by atoms with E-state index in [4.69, 9.17) is 0 Å². The van der Waals surface area contributed by atoms with E-state index in [0.29, 0.717) is 0 Å². The van der Waals surface area contributed by atoms with E-state index >= 15 is 0 Å². The zero-order chi connectivity index (χ0) is 21.2. The van der Waals surface area contributed by atoms with Crippen molar-refractivity contribution in [3.05, 3.63) is 109 Å². The van der Waals surface area contributed by atoms with E-state index in [1.165, 1.54) is 71.9 Å². The Morgan fingerprint density at radius 3 is 1.62 bits per heavy atom. The van der Waals surface area contributed by atoms with Crippen LogP contribution in [0.1, 0.15) is 5.56 Å². The van der Waals surface area contributed by atoms with Crippen molar-refractivity contribution in [1.29, 1.82) is 0 Å². The van der Waals surface area contributed by atoms with E-state index in [-0.39, 0.29) is 0 Å². The maximum absolute atomic E-state index is 3.71. The molecule has 0 amide bonds. The summed E-state index contributed by atoms with van der Waals surface area (Å²) in [6.07, 6.45) is 0. The lowest BCUT2D eigenvalue weighted by Crippen LogP contribution is -1.97. The van der Waals surface area contributed by atoms with Gasteiger partial charge in [-0.05, 0) is 57.5 Å². The normalized spacial score (nSPS) is 11.9. The Labute approximate surface area is 187 Å². The van der Waals surface area contributed by atoms with Crippen molar-refractivity contribution >= 4 is 21.8 Å². The summed E-state index contributed by atoms with van der Waals surface area (Å²) < 4.78 is 0. The molecule has 7 rings (SSSR count). The maximum atomic E-state index is 3.71. The fourth-order valence-corrected chi connectivity index (χ4v) is 5.51. The van der Waals surface area contributed by atoms with Crippen LogP contribution in [0.25, 0.3) is 66.3 Å². The van der Waals surface area contributed by atoms with Gasteiger partial charge in [0.15, 0.2) is 0 Å². The molecule has 1 N–H and O–H groups in total. The third-order valence-electron chi connectivity index (χ3n) is 6.93. The van der Waals surface area contributed by atoms with Gasteiger partial charge < -0.3 is 4.98 Å². The molecule has 0 saturated carbocycles. The molecular formula is C31H21N. The van der Waals surface area contributed by atoms with E-state index in [2.05, 4.69) is 115 Å². The number of hydrogen-bond donors (Lipinski definition) is 1. The van der Waals surface area contributed by atoms with Gasteiger partial charge in [0.25, 0.3) is 0 Å². The van der Waals surface area contributed by atoms with Crippen LogP contribution in [0, 0.1) is 6.92 Å². The number of aryl methyl sites for hydroxylation is 1. The summed E-state index contributed by atoms with van der Waals surface area (Å²) in [5.41, 5.74) is 14.0. The van der Waals surface area contributed by atoms with Crippen LogP contribution in [0.5, 0.6) is 0 Å². The van der Waals surface area contributed by atoms with Gasteiger partial charge in [-0.15, -0.1) is 0 Å². The summed E-state index contributed by atoms with van der Waals surface area (Å²) in [4.78, 5) is 3.71. The molecule has 1 aliphatic rings. The smallest absolute Gasteiger partial charge is 0.0494 e. The molecule has 1 aromatic heterocycles. The monoisotopic (exact) mass is 407 g/mol. The number of nitrogens with one attached hydrogen (secondary N) is 1. The minimum Gasteiger partial charge on any atom is -0.354 e. The number of fused-ring (bicyclic) bond motifs is 12. The highest BCUT2D eigenvalue weighted by Crippen LogP contribution is 2.50. The van der Waals surface area contributed by atoms with Crippen molar-refractivity contribution < 1.29 is 0 Å². The first-order valence-corrected chi connectivity index (χ1v) is 11.1. The Morgan fingerprint density at radius 2 is 1.00 bits per heavy atom. The molecule has 6 aromatic rings. The summed E-state index contributed by atoms with van der Waals surface area (Å²) in [5, 5.41) is 2.60. The highest BCUT2D eigenvalue weighted by Gasteiger charge is 2.24. The molecule has 1 nitrogen and oxygen atoms in total. The largest absolute Gasteiger partial charge is 0.354 e. The predicted octanol–water partition coefficient (Wildman–Crippen LogP) is 8.61. The van der Waals surface area contributed by atoms with Crippen LogP contribution in [0.2, 0.25) is 0 Å². The van der Waals surface area contributed by atoms with Crippen LogP contribution in [-0.2, 0) is 0 Å². The van der Waals surface area contributed by atoms with Crippen LogP contribution >= 0.6 is 0 Å². The predicted molar refractivity (Wildman–Crippen MR) is 136 cm³/mol. The topological polar surface area (TPSA) is 15.8 Å². The number of rotatable bonds is 0. The lowest BCUT2D eigenvalue weighted by atomic mass is 9.79.